The smallest absolute Gasteiger partial charge is 0.195 e. The number of hydrogen-bond acceptors (Lipinski definition) is 5. The van der Waals surface area contributed by atoms with Gasteiger partial charge in [-0.2, -0.15) is 5.26 Å². The average molecular weight is 350 g/mol. The van der Waals surface area contributed by atoms with E-state index in [9.17, 15) is 10.1 Å². The Balaban J connectivity index is 2.12. The van der Waals surface area contributed by atoms with Crippen LogP contribution in [0.1, 0.15) is 21.5 Å². The lowest BCUT2D eigenvalue weighted by Gasteiger charge is -2.10. The minimum Gasteiger partial charge on any atom is -0.289 e. The summed E-state index contributed by atoms with van der Waals surface area (Å²) in [6, 6.07) is 17.4. The fourth-order valence-electron chi connectivity index (χ4n) is 2.52. The van der Waals surface area contributed by atoms with Gasteiger partial charge in [-0.25, -0.2) is 4.98 Å². The number of aromatic nitrogens is 1. The summed E-state index contributed by atoms with van der Waals surface area (Å²) in [5, 5.41) is 12.7. The van der Waals surface area contributed by atoms with Gasteiger partial charge in [0.25, 0.3) is 0 Å². The number of hydrogen-bond donors (Lipinski definition) is 0. The van der Waals surface area contributed by atoms with Gasteiger partial charge < -0.3 is 0 Å². The molecule has 0 atom stereocenters. The number of nitrogens with zero attached hydrogens (tertiary/aromatic N) is 2. The van der Waals surface area contributed by atoms with Crippen LogP contribution in [0, 0.1) is 11.3 Å². The highest BCUT2D eigenvalue weighted by Gasteiger charge is 2.18. The van der Waals surface area contributed by atoms with Crippen LogP contribution in [-0.4, -0.2) is 23.3 Å². The molecular weight excluding hydrogens is 336 g/mol. The van der Waals surface area contributed by atoms with Crippen molar-refractivity contribution < 1.29 is 4.79 Å². The summed E-state index contributed by atoms with van der Waals surface area (Å²) in [5.74, 6) is -0.109. The van der Waals surface area contributed by atoms with Crippen molar-refractivity contribution in [2.24, 2.45) is 0 Å². The van der Waals surface area contributed by atoms with E-state index in [4.69, 9.17) is 0 Å². The van der Waals surface area contributed by atoms with Crippen LogP contribution in [0.2, 0.25) is 0 Å². The number of ketones is 1. The highest BCUT2D eigenvalue weighted by atomic mass is 32.2. The van der Waals surface area contributed by atoms with Gasteiger partial charge in [0.15, 0.2) is 5.78 Å². The molecule has 0 bridgehead atoms. The van der Waals surface area contributed by atoms with E-state index >= 15 is 0 Å². The molecule has 24 heavy (non-hydrogen) atoms. The van der Waals surface area contributed by atoms with Gasteiger partial charge in [-0.3, -0.25) is 4.79 Å². The van der Waals surface area contributed by atoms with Crippen LogP contribution in [0.3, 0.4) is 0 Å². The van der Waals surface area contributed by atoms with Crippen molar-refractivity contribution in [1.82, 2.24) is 4.98 Å². The van der Waals surface area contributed by atoms with Gasteiger partial charge in [0.1, 0.15) is 16.1 Å². The minimum absolute atomic E-state index is 0.109. The van der Waals surface area contributed by atoms with E-state index in [1.165, 1.54) is 23.5 Å². The number of rotatable bonds is 4. The Kier molecular flexibility index (Phi) is 4.89. The first-order valence-corrected chi connectivity index (χ1v) is 9.69. The lowest BCUT2D eigenvalue weighted by molar-refractivity contribution is 0.103. The normalized spacial score (nSPS) is 10.5. The van der Waals surface area contributed by atoms with Crippen LogP contribution in [0.4, 0.5) is 0 Å². The fourth-order valence-corrected chi connectivity index (χ4v) is 3.64. The van der Waals surface area contributed by atoms with Crippen molar-refractivity contribution in [2.75, 3.05) is 12.5 Å². The lowest BCUT2D eigenvalue weighted by atomic mass is 10.0. The van der Waals surface area contributed by atoms with Crippen LogP contribution >= 0.6 is 23.5 Å². The van der Waals surface area contributed by atoms with Crippen LogP contribution < -0.4 is 0 Å². The third-order valence-electron chi connectivity index (χ3n) is 3.72. The average Bonchev–Trinajstić information content (AvgIpc) is 2.65. The second-order valence-corrected chi connectivity index (χ2v) is 6.69. The number of pyridine rings is 1. The van der Waals surface area contributed by atoms with Gasteiger partial charge >= 0.3 is 0 Å². The Hall–Kier alpha value is -2.29. The van der Waals surface area contributed by atoms with E-state index in [0.717, 1.165) is 10.8 Å². The number of fused-ring (bicyclic) bond motifs is 1. The van der Waals surface area contributed by atoms with Crippen molar-refractivity contribution in [3.05, 3.63) is 65.2 Å². The van der Waals surface area contributed by atoms with E-state index in [2.05, 4.69) is 11.1 Å². The van der Waals surface area contributed by atoms with Crippen molar-refractivity contribution in [1.29, 1.82) is 5.26 Å². The number of carbonyl (C=O) groups is 1. The van der Waals surface area contributed by atoms with Crippen molar-refractivity contribution in [3.63, 3.8) is 0 Å². The maximum Gasteiger partial charge on any atom is 0.195 e. The summed E-state index contributed by atoms with van der Waals surface area (Å²) >= 11 is 2.83. The highest BCUT2D eigenvalue weighted by molar-refractivity contribution is 7.99. The van der Waals surface area contributed by atoms with Crippen LogP contribution in [0.25, 0.3) is 10.8 Å². The highest BCUT2D eigenvalue weighted by Crippen LogP contribution is 2.28. The minimum atomic E-state index is -0.109. The summed E-state index contributed by atoms with van der Waals surface area (Å²) < 4.78 is 0. The zero-order valence-electron chi connectivity index (χ0n) is 13.2. The largest absolute Gasteiger partial charge is 0.289 e. The molecule has 0 unspecified atom stereocenters. The van der Waals surface area contributed by atoms with Crippen LogP contribution in [0.15, 0.2) is 58.6 Å². The third kappa shape index (κ3) is 3.03. The molecular formula is C19H14N2OS2. The summed E-state index contributed by atoms with van der Waals surface area (Å²) in [6.07, 6.45) is 3.76. The molecule has 0 amide bonds. The van der Waals surface area contributed by atoms with E-state index in [1.807, 2.05) is 55.0 Å². The van der Waals surface area contributed by atoms with Crippen LogP contribution in [0.5, 0.6) is 0 Å². The summed E-state index contributed by atoms with van der Waals surface area (Å²) in [7, 11) is 0. The molecule has 1 aromatic heterocycles. The molecule has 0 aliphatic carbocycles. The zero-order valence-corrected chi connectivity index (χ0v) is 14.9. The third-order valence-corrected chi connectivity index (χ3v) is 5.11. The topological polar surface area (TPSA) is 53.8 Å². The van der Waals surface area contributed by atoms with Crippen LogP contribution in [-0.2, 0) is 0 Å². The van der Waals surface area contributed by atoms with Gasteiger partial charge in [-0.15, -0.1) is 23.5 Å². The predicted molar refractivity (Wildman–Crippen MR) is 99.9 cm³/mol. The number of thioether (sulfide) groups is 2. The van der Waals surface area contributed by atoms with E-state index in [0.29, 0.717) is 26.7 Å². The number of nitriles is 1. The first-order chi connectivity index (χ1) is 11.7. The van der Waals surface area contributed by atoms with E-state index in [1.54, 1.807) is 6.07 Å². The van der Waals surface area contributed by atoms with Gasteiger partial charge in [-0.1, -0.05) is 36.4 Å². The number of benzene rings is 2. The Morgan fingerprint density at radius 2 is 1.71 bits per heavy atom. The quantitative estimate of drug-likeness (QED) is 0.500. The van der Waals surface area contributed by atoms with Gasteiger partial charge in [0.2, 0.25) is 0 Å². The molecule has 3 nitrogen and oxygen atoms in total. The summed E-state index contributed by atoms with van der Waals surface area (Å²) in [5.41, 5.74) is 1.52. The molecule has 3 aromatic rings. The molecule has 3 rings (SSSR count). The molecule has 0 fully saturated rings. The first kappa shape index (κ1) is 16.6. The predicted octanol–water partition coefficient (Wildman–Crippen LogP) is 4.78. The first-order valence-electron chi connectivity index (χ1n) is 7.24. The summed E-state index contributed by atoms with van der Waals surface area (Å²) in [6.45, 7) is 0. The molecule has 0 spiro atoms. The monoisotopic (exact) mass is 350 g/mol. The molecule has 0 saturated carbocycles. The second kappa shape index (κ2) is 7.08. The van der Waals surface area contributed by atoms with Crippen molar-refractivity contribution in [2.45, 2.75) is 10.1 Å². The molecule has 0 aliphatic rings. The molecule has 0 aliphatic heterocycles. The molecule has 0 saturated heterocycles. The van der Waals surface area contributed by atoms with Gasteiger partial charge in [-0.05, 0) is 35.4 Å². The molecule has 1 heterocycles. The Labute approximate surface area is 149 Å². The second-order valence-electron chi connectivity index (χ2n) is 5.10. The Bertz CT molecular complexity index is 977. The lowest BCUT2D eigenvalue weighted by Crippen LogP contribution is -2.06. The molecule has 0 radical (unpaired) electrons. The maximum atomic E-state index is 13.0. The number of carbonyl (C=O) groups excluding carboxylic acids is 1. The SMILES string of the molecule is CSc1nc(SC)c(C(=O)c2ccc3ccccc3c2)cc1C#N. The van der Waals surface area contributed by atoms with E-state index < -0.39 is 0 Å². The van der Waals surface area contributed by atoms with Gasteiger partial charge in [0, 0.05) is 5.56 Å². The standard InChI is InChI=1S/C19H14N2OS2/c1-23-18-15(11-20)10-16(19(21-18)24-2)17(22)14-8-7-12-5-3-4-6-13(12)9-14/h3-10H,1-2H3. The molecule has 0 N–H and O–H groups in total. The molecule has 2 aromatic carbocycles. The van der Waals surface area contributed by atoms with Gasteiger partial charge in [0.05, 0.1) is 11.1 Å². The van der Waals surface area contributed by atoms with E-state index in [-0.39, 0.29) is 5.78 Å². The Morgan fingerprint density at radius 3 is 2.38 bits per heavy atom. The Morgan fingerprint density at radius 1 is 1.00 bits per heavy atom. The molecule has 118 valence electrons. The zero-order chi connectivity index (χ0) is 17.1. The van der Waals surface area contributed by atoms with Crippen molar-refractivity contribution in [3.8, 4) is 6.07 Å². The fraction of sp³-hybridized carbons (Fsp3) is 0.105. The molecule has 5 heteroatoms. The maximum absolute atomic E-state index is 13.0. The van der Waals surface area contributed by atoms with Crippen molar-refractivity contribution >= 4 is 40.1 Å². The summed E-state index contributed by atoms with van der Waals surface area (Å²) in [4.78, 5) is 17.4.